The monoisotopic (exact) mass is 346 g/mol. The van der Waals surface area contributed by atoms with E-state index in [0.717, 1.165) is 24.1 Å². The van der Waals surface area contributed by atoms with E-state index >= 15 is 0 Å². The van der Waals surface area contributed by atoms with Gasteiger partial charge in [-0.25, -0.2) is 0 Å². The molecule has 0 bridgehead atoms. The molecule has 1 amide bonds. The first-order chi connectivity index (χ1) is 11.5. The van der Waals surface area contributed by atoms with Gasteiger partial charge in [-0.2, -0.15) is 5.10 Å². The van der Waals surface area contributed by atoms with Gasteiger partial charge in [0.2, 0.25) is 5.91 Å². The van der Waals surface area contributed by atoms with Gasteiger partial charge in [0.05, 0.1) is 17.2 Å². The predicted molar refractivity (Wildman–Crippen MR) is 96.1 cm³/mol. The summed E-state index contributed by atoms with van der Waals surface area (Å²) in [5.74, 6) is 0.281. The molecule has 0 N–H and O–H groups in total. The highest BCUT2D eigenvalue weighted by molar-refractivity contribution is 8.15. The topological polar surface area (TPSA) is 88.2 Å². The van der Waals surface area contributed by atoms with Gasteiger partial charge < -0.3 is 0 Å². The molecule has 1 aromatic rings. The van der Waals surface area contributed by atoms with Crippen LogP contribution in [0.4, 0.5) is 5.69 Å². The average Bonchev–Trinajstić information content (AvgIpc) is 2.91. The summed E-state index contributed by atoms with van der Waals surface area (Å²) in [6.07, 6.45) is 3.43. The molecule has 1 aliphatic heterocycles. The molecule has 1 heterocycles. The van der Waals surface area contributed by atoms with Gasteiger partial charge in [0, 0.05) is 17.8 Å². The maximum Gasteiger partial charge on any atom is 0.269 e. The molecule has 0 unspecified atom stereocenters. The summed E-state index contributed by atoms with van der Waals surface area (Å²) in [6, 6.07) is 6.14. The van der Waals surface area contributed by atoms with Gasteiger partial charge in [0.25, 0.3) is 5.69 Å². The Morgan fingerprint density at radius 2 is 2.17 bits per heavy atom. The summed E-state index contributed by atoms with van der Waals surface area (Å²) in [5, 5.41) is 19.6. The van der Waals surface area contributed by atoms with E-state index in [2.05, 4.69) is 16.8 Å². The van der Waals surface area contributed by atoms with Gasteiger partial charge in [-0.1, -0.05) is 30.0 Å². The Balaban J connectivity index is 2.10. The van der Waals surface area contributed by atoms with Crippen molar-refractivity contribution in [1.29, 1.82) is 0 Å². The average molecular weight is 346 g/mol. The van der Waals surface area contributed by atoms with Crippen LogP contribution in [0.15, 0.2) is 47.1 Å². The maximum absolute atomic E-state index is 12.0. The number of hydrogen-bond donors (Lipinski definition) is 0. The summed E-state index contributed by atoms with van der Waals surface area (Å²) >= 11 is 1.34. The van der Waals surface area contributed by atoms with Crippen LogP contribution in [0.25, 0.3) is 0 Å². The minimum atomic E-state index is -0.450. The lowest BCUT2D eigenvalue weighted by molar-refractivity contribution is -0.384. The quantitative estimate of drug-likeness (QED) is 0.328. The summed E-state index contributed by atoms with van der Waals surface area (Å²) in [4.78, 5) is 23.8. The Labute approximate surface area is 144 Å². The van der Waals surface area contributed by atoms with Crippen LogP contribution < -0.4 is 0 Å². The number of nitrogens with zero attached hydrogens (tertiary/aromatic N) is 4. The second-order valence-electron chi connectivity index (χ2n) is 5.24. The van der Waals surface area contributed by atoms with E-state index in [1.54, 1.807) is 17.0 Å². The summed E-state index contributed by atoms with van der Waals surface area (Å²) < 4.78 is 0. The fraction of sp³-hybridized carbons (Fsp3) is 0.312. The molecule has 0 spiro atoms. The second-order valence-corrected chi connectivity index (χ2v) is 6.18. The zero-order valence-electron chi connectivity index (χ0n) is 13.3. The van der Waals surface area contributed by atoms with Crippen molar-refractivity contribution in [3.05, 3.63) is 52.6 Å². The number of amides is 1. The van der Waals surface area contributed by atoms with Crippen molar-refractivity contribution >= 4 is 34.2 Å². The number of hydrogen-bond acceptors (Lipinski definition) is 6. The molecule has 8 heteroatoms. The van der Waals surface area contributed by atoms with E-state index in [9.17, 15) is 14.9 Å². The summed E-state index contributed by atoms with van der Waals surface area (Å²) in [6.45, 7) is 5.87. The molecule has 7 nitrogen and oxygen atoms in total. The van der Waals surface area contributed by atoms with E-state index in [0.29, 0.717) is 17.5 Å². The van der Waals surface area contributed by atoms with Crippen LogP contribution in [-0.4, -0.2) is 32.4 Å². The van der Waals surface area contributed by atoms with E-state index in [-0.39, 0.29) is 11.6 Å². The predicted octanol–water partition coefficient (Wildman–Crippen LogP) is 3.37. The first kappa shape index (κ1) is 17.9. The molecule has 0 saturated carbocycles. The highest BCUT2D eigenvalue weighted by atomic mass is 32.2. The van der Waals surface area contributed by atoms with E-state index in [1.165, 1.54) is 23.9 Å². The molecule has 2 rings (SSSR count). The second kappa shape index (κ2) is 8.39. The normalized spacial score (nSPS) is 16.7. The number of thioether (sulfide) groups is 1. The van der Waals surface area contributed by atoms with Crippen LogP contribution in [0.1, 0.15) is 25.3 Å². The van der Waals surface area contributed by atoms with Crippen molar-refractivity contribution in [2.24, 2.45) is 10.2 Å². The van der Waals surface area contributed by atoms with Gasteiger partial charge in [-0.3, -0.25) is 19.8 Å². The third-order valence-corrected chi connectivity index (χ3v) is 4.31. The van der Waals surface area contributed by atoms with Crippen molar-refractivity contribution in [3.8, 4) is 0 Å². The number of benzene rings is 1. The van der Waals surface area contributed by atoms with Gasteiger partial charge in [-0.05, 0) is 25.3 Å². The number of rotatable bonds is 7. The van der Waals surface area contributed by atoms with Crippen LogP contribution in [0.5, 0.6) is 0 Å². The van der Waals surface area contributed by atoms with Crippen molar-refractivity contribution < 1.29 is 9.72 Å². The van der Waals surface area contributed by atoms with Crippen molar-refractivity contribution in [1.82, 2.24) is 4.90 Å². The molecule has 0 aliphatic carbocycles. The largest absolute Gasteiger partial charge is 0.285 e. The van der Waals surface area contributed by atoms with Gasteiger partial charge in [-0.15, -0.1) is 11.7 Å². The Morgan fingerprint density at radius 1 is 1.46 bits per heavy atom. The van der Waals surface area contributed by atoms with Gasteiger partial charge in [0.1, 0.15) is 0 Å². The molecule has 0 aromatic heterocycles. The maximum atomic E-state index is 12.0. The molecule has 0 atom stereocenters. The SMILES string of the molecule is C=CCC/C(C)=N/N=C1\SCC(=O)N1Cc1ccc([N+](=O)[O-])cc1. The van der Waals surface area contributed by atoms with Crippen LogP contribution in [0.3, 0.4) is 0 Å². The summed E-state index contributed by atoms with van der Waals surface area (Å²) in [7, 11) is 0. The number of carbonyl (C=O) groups excluding carboxylic acids is 1. The molecular formula is C16H18N4O3S. The first-order valence-electron chi connectivity index (χ1n) is 7.39. The Morgan fingerprint density at radius 3 is 2.79 bits per heavy atom. The van der Waals surface area contributed by atoms with Crippen molar-refractivity contribution in [2.75, 3.05) is 5.75 Å². The van der Waals surface area contributed by atoms with Crippen LogP contribution in [-0.2, 0) is 11.3 Å². The Kier molecular flexibility index (Phi) is 6.25. The highest BCUT2D eigenvalue weighted by Crippen LogP contribution is 2.23. The lowest BCUT2D eigenvalue weighted by Crippen LogP contribution is -2.28. The van der Waals surface area contributed by atoms with Crippen molar-refractivity contribution in [2.45, 2.75) is 26.3 Å². The molecule has 1 aliphatic rings. The van der Waals surface area contributed by atoms with Crippen molar-refractivity contribution in [3.63, 3.8) is 0 Å². The standard InChI is InChI=1S/C16H18N4O3S/c1-3-4-5-12(2)17-18-16-19(15(21)11-24-16)10-13-6-8-14(9-7-13)20(22)23/h3,6-9H,1,4-5,10-11H2,2H3/b17-12+,18-16-. The highest BCUT2D eigenvalue weighted by Gasteiger charge is 2.28. The third kappa shape index (κ3) is 4.76. The van der Waals surface area contributed by atoms with Crippen LogP contribution in [0, 0.1) is 10.1 Å². The number of non-ortho nitro benzene ring substituents is 1. The zero-order valence-corrected chi connectivity index (χ0v) is 14.2. The van der Waals surface area contributed by atoms with E-state index < -0.39 is 4.92 Å². The smallest absolute Gasteiger partial charge is 0.269 e. The molecule has 126 valence electrons. The lowest BCUT2D eigenvalue weighted by Gasteiger charge is -2.15. The molecule has 1 aromatic carbocycles. The zero-order chi connectivity index (χ0) is 17.5. The number of carbonyl (C=O) groups is 1. The molecular weight excluding hydrogens is 328 g/mol. The number of amidine groups is 1. The van der Waals surface area contributed by atoms with Gasteiger partial charge >= 0.3 is 0 Å². The fourth-order valence-corrected chi connectivity index (χ4v) is 2.85. The summed E-state index contributed by atoms with van der Waals surface area (Å²) in [5.41, 5.74) is 1.70. The molecule has 0 radical (unpaired) electrons. The number of nitro groups is 1. The third-order valence-electron chi connectivity index (χ3n) is 3.36. The molecule has 1 fully saturated rings. The fourth-order valence-electron chi connectivity index (χ4n) is 2.02. The van der Waals surface area contributed by atoms with Gasteiger partial charge in [0.15, 0.2) is 5.17 Å². The van der Waals surface area contributed by atoms with E-state index in [1.807, 2.05) is 13.0 Å². The number of nitro benzene ring substituents is 1. The Bertz CT molecular complexity index is 698. The minimum absolute atomic E-state index is 0.0252. The van der Waals surface area contributed by atoms with E-state index in [4.69, 9.17) is 0 Å². The lowest BCUT2D eigenvalue weighted by atomic mass is 10.2. The minimum Gasteiger partial charge on any atom is -0.285 e. The van der Waals surface area contributed by atoms with Crippen LogP contribution in [0.2, 0.25) is 0 Å². The number of allylic oxidation sites excluding steroid dienone is 1. The molecule has 1 saturated heterocycles. The first-order valence-corrected chi connectivity index (χ1v) is 8.38. The molecule has 24 heavy (non-hydrogen) atoms. The Hall–Kier alpha value is -2.48. The van der Waals surface area contributed by atoms with Crippen LogP contribution >= 0.6 is 11.8 Å².